The third kappa shape index (κ3) is 4.07. The summed E-state index contributed by atoms with van der Waals surface area (Å²) in [6, 6.07) is 15.0. The van der Waals surface area contributed by atoms with E-state index >= 15 is 0 Å². The first-order valence-corrected chi connectivity index (χ1v) is 10.4. The van der Waals surface area contributed by atoms with E-state index in [4.69, 9.17) is 4.98 Å². The van der Waals surface area contributed by atoms with Gasteiger partial charge < -0.3 is 20.4 Å². The number of anilines is 1. The van der Waals surface area contributed by atoms with Crippen molar-refractivity contribution in [2.24, 2.45) is 0 Å². The summed E-state index contributed by atoms with van der Waals surface area (Å²) in [5.74, 6) is 1.17. The van der Waals surface area contributed by atoms with Gasteiger partial charge >= 0.3 is 0 Å². The van der Waals surface area contributed by atoms with Crippen LogP contribution in [0.1, 0.15) is 26.2 Å². The van der Waals surface area contributed by atoms with Gasteiger partial charge in [0.25, 0.3) is 0 Å². The van der Waals surface area contributed by atoms with Crippen LogP contribution in [0.4, 0.5) is 5.82 Å². The second-order valence-corrected chi connectivity index (χ2v) is 7.60. The molecule has 30 heavy (non-hydrogen) atoms. The minimum Gasteiger partial charge on any atom is -0.507 e. The van der Waals surface area contributed by atoms with Crippen molar-refractivity contribution in [3.8, 4) is 17.1 Å². The second kappa shape index (κ2) is 8.67. The maximum absolute atomic E-state index is 12.0. The molecule has 1 atom stereocenters. The summed E-state index contributed by atoms with van der Waals surface area (Å²) in [7, 11) is 0. The Hall–Kier alpha value is -3.19. The molecular weight excluding hydrogens is 380 g/mol. The lowest BCUT2D eigenvalue weighted by atomic mass is 10.0. The van der Waals surface area contributed by atoms with Gasteiger partial charge in [0.1, 0.15) is 17.7 Å². The lowest BCUT2D eigenvalue weighted by molar-refractivity contribution is -0.130. The number of benzene rings is 2. The van der Waals surface area contributed by atoms with E-state index in [9.17, 15) is 15.0 Å². The Morgan fingerprint density at radius 3 is 2.57 bits per heavy atom. The molecule has 4 rings (SSSR count). The Morgan fingerprint density at radius 2 is 1.83 bits per heavy atom. The molecule has 2 heterocycles. The Morgan fingerprint density at radius 1 is 1.13 bits per heavy atom. The van der Waals surface area contributed by atoms with Crippen molar-refractivity contribution in [1.82, 2.24) is 15.3 Å². The Labute approximate surface area is 175 Å². The average molecular weight is 406 g/mol. The number of piperidine rings is 1. The van der Waals surface area contributed by atoms with Crippen LogP contribution in [-0.2, 0) is 4.79 Å². The van der Waals surface area contributed by atoms with Crippen molar-refractivity contribution in [3.05, 3.63) is 48.5 Å². The molecule has 1 aromatic heterocycles. The van der Waals surface area contributed by atoms with Crippen molar-refractivity contribution in [2.45, 2.75) is 38.3 Å². The Bertz CT molecular complexity index is 1050. The molecular formula is C23H26N4O3. The van der Waals surface area contributed by atoms with E-state index in [2.05, 4.69) is 15.2 Å². The molecule has 0 saturated carbocycles. The maximum atomic E-state index is 12.0. The first kappa shape index (κ1) is 20.1. The zero-order chi connectivity index (χ0) is 21.1. The summed E-state index contributed by atoms with van der Waals surface area (Å²) in [5, 5.41) is 23.9. The predicted octanol–water partition coefficient (Wildman–Crippen LogP) is 2.86. The van der Waals surface area contributed by atoms with Crippen LogP contribution in [0.15, 0.2) is 48.5 Å². The molecule has 0 unspecified atom stereocenters. The maximum Gasteiger partial charge on any atom is 0.249 e. The molecule has 7 nitrogen and oxygen atoms in total. The van der Waals surface area contributed by atoms with Crippen LogP contribution in [0, 0.1) is 0 Å². The number of aliphatic hydroxyl groups is 1. The SMILES string of the molecule is CC[C@H](O)C(=O)NC1CCN(c2nc(-c3ccccc3O)nc3ccccc23)CC1. The van der Waals surface area contributed by atoms with Crippen molar-refractivity contribution >= 4 is 22.6 Å². The van der Waals surface area contributed by atoms with Crippen molar-refractivity contribution in [3.63, 3.8) is 0 Å². The van der Waals surface area contributed by atoms with E-state index in [1.807, 2.05) is 36.4 Å². The average Bonchev–Trinajstić information content (AvgIpc) is 2.78. The molecule has 1 fully saturated rings. The molecule has 3 N–H and O–H groups in total. The molecule has 3 aromatic rings. The number of para-hydroxylation sites is 2. The van der Waals surface area contributed by atoms with Gasteiger partial charge in [-0.15, -0.1) is 0 Å². The van der Waals surface area contributed by atoms with E-state index in [-0.39, 0.29) is 17.7 Å². The third-order valence-corrected chi connectivity index (χ3v) is 5.56. The summed E-state index contributed by atoms with van der Waals surface area (Å²) < 4.78 is 0. The number of amides is 1. The lowest BCUT2D eigenvalue weighted by Crippen LogP contribution is -2.47. The lowest BCUT2D eigenvalue weighted by Gasteiger charge is -2.34. The Kier molecular flexibility index (Phi) is 5.81. The first-order valence-electron chi connectivity index (χ1n) is 10.4. The minimum absolute atomic E-state index is 0.0423. The number of phenols is 1. The van der Waals surface area contributed by atoms with E-state index in [0.717, 1.165) is 42.7 Å². The highest BCUT2D eigenvalue weighted by atomic mass is 16.3. The molecule has 0 spiro atoms. The van der Waals surface area contributed by atoms with Crippen LogP contribution >= 0.6 is 0 Å². The number of aliphatic hydroxyl groups excluding tert-OH is 1. The third-order valence-electron chi connectivity index (χ3n) is 5.56. The van der Waals surface area contributed by atoms with Crippen molar-refractivity contribution in [1.29, 1.82) is 0 Å². The largest absolute Gasteiger partial charge is 0.507 e. The fourth-order valence-corrected chi connectivity index (χ4v) is 3.80. The number of nitrogens with zero attached hydrogens (tertiary/aromatic N) is 3. The van der Waals surface area contributed by atoms with Crippen LogP contribution < -0.4 is 10.2 Å². The van der Waals surface area contributed by atoms with Crippen LogP contribution in [-0.4, -0.2) is 51.3 Å². The molecule has 1 saturated heterocycles. The molecule has 1 amide bonds. The highest BCUT2D eigenvalue weighted by Crippen LogP contribution is 2.32. The molecule has 2 aromatic carbocycles. The zero-order valence-corrected chi connectivity index (χ0v) is 17.0. The van der Waals surface area contributed by atoms with Gasteiger partial charge in [0.15, 0.2) is 5.82 Å². The quantitative estimate of drug-likeness (QED) is 0.603. The van der Waals surface area contributed by atoms with Crippen LogP contribution in [0.2, 0.25) is 0 Å². The number of fused-ring (bicyclic) bond motifs is 1. The molecule has 156 valence electrons. The monoisotopic (exact) mass is 406 g/mol. The van der Waals surface area contributed by atoms with Crippen LogP contribution in [0.3, 0.4) is 0 Å². The summed E-state index contributed by atoms with van der Waals surface area (Å²) in [5.41, 5.74) is 1.42. The normalized spacial score (nSPS) is 15.9. The number of hydrogen-bond donors (Lipinski definition) is 3. The van der Waals surface area contributed by atoms with Crippen molar-refractivity contribution < 1.29 is 15.0 Å². The zero-order valence-electron chi connectivity index (χ0n) is 17.0. The van der Waals surface area contributed by atoms with Gasteiger partial charge in [-0.05, 0) is 43.5 Å². The van der Waals surface area contributed by atoms with E-state index in [0.29, 0.717) is 17.8 Å². The number of carbonyl (C=O) groups is 1. The topological polar surface area (TPSA) is 98.6 Å². The number of phenolic OH excluding ortho intramolecular Hbond substituents is 1. The first-order chi connectivity index (χ1) is 14.6. The summed E-state index contributed by atoms with van der Waals surface area (Å²) in [6.07, 6.45) is 1.00. The molecule has 0 bridgehead atoms. The summed E-state index contributed by atoms with van der Waals surface area (Å²) >= 11 is 0. The predicted molar refractivity (Wildman–Crippen MR) is 116 cm³/mol. The molecule has 0 radical (unpaired) electrons. The van der Waals surface area contributed by atoms with Gasteiger partial charge in [-0.2, -0.15) is 0 Å². The number of aromatic nitrogens is 2. The van der Waals surface area contributed by atoms with E-state index in [1.165, 1.54) is 0 Å². The number of hydrogen-bond acceptors (Lipinski definition) is 6. The van der Waals surface area contributed by atoms with Crippen molar-refractivity contribution in [2.75, 3.05) is 18.0 Å². The van der Waals surface area contributed by atoms with E-state index in [1.54, 1.807) is 19.1 Å². The highest BCUT2D eigenvalue weighted by molar-refractivity contribution is 5.91. The molecule has 1 aliphatic heterocycles. The smallest absolute Gasteiger partial charge is 0.249 e. The molecule has 1 aliphatic rings. The minimum atomic E-state index is -0.949. The summed E-state index contributed by atoms with van der Waals surface area (Å²) in [6.45, 7) is 3.25. The van der Waals surface area contributed by atoms with Gasteiger partial charge in [-0.25, -0.2) is 9.97 Å². The number of rotatable bonds is 5. The fraction of sp³-hybridized carbons (Fsp3) is 0.348. The van der Waals surface area contributed by atoms with Crippen LogP contribution in [0.25, 0.3) is 22.3 Å². The molecule has 7 heteroatoms. The van der Waals surface area contributed by atoms with Crippen LogP contribution in [0.5, 0.6) is 5.75 Å². The van der Waals surface area contributed by atoms with E-state index < -0.39 is 6.10 Å². The summed E-state index contributed by atoms with van der Waals surface area (Å²) in [4.78, 5) is 23.7. The number of aromatic hydroxyl groups is 1. The number of carbonyl (C=O) groups excluding carboxylic acids is 1. The second-order valence-electron chi connectivity index (χ2n) is 7.60. The Balaban J connectivity index is 1.60. The number of nitrogens with one attached hydrogen (secondary N) is 1. The highest BCUT2D eigenvalue weighted by Gasteiger charge is 2.25. The van der Waals surface area contributed by atoms with Gasteiger partial charge in [0.05, 0.1) is 11.1 Å². The van der Waals surface area contributed by atoms with Gasteiger partial charge in [0.2, 0.25) is 5.91 Å². The van der Waals surface area contributed by atoms with Gasteiger partial charge in [0, 0.05) is 24.5 Å². The fourth-order valence-electron chi connectivity index (χ4n) is 3.80. The van der Waals surface area contributed by atoms with Gasteiger partial charge in [-0.1, -0.05) is 31.2 Å². The standard InChI is InChI=1S/C23H26N4O3/c1-2-19(28)23(30)24-15-11-13-27(14-12-15)22-16-7-3-5-9-18(16)25-21(26-22)17-8-4-6-10-20(17)29/h3-10,15,19,28-29H,2,11-14H2,1H3,(H,24,30)/t19-/m0/s1. The van der Waals surface area contributed by atoms with Gasteiger partial charge in [-0.3, -0.25) is 4.79 Å². The molecule has 0 aliphatic carbocycles.